The monoisotopic (exact) mass is 279 g/mol. The smallest absolute Gasteiger partial charge is 0.407 e. The predicted molar refractivity (Wildman–Crippen MR) is 79.4 cm³/mol. The third-order valence-corrected chi connectivity index (χ3v) is 5.62. The molecule has 1 N–H and O–H groups in total. The van der Waals surface area contributed by atoms with Crippen molar-refractivity contribution >= 4 is 6.09 Å². The molecule has 4 saturated carbocycles. The van der Waals surface area contributed by atoms with Crippen LogP contribution in [0.15, 0.2) is 0 Å². The standard InChI is InChI=1S/C17H29NO2/c1-10(18-16(19)20-17(2,3)4)15-13-6-11-5-12(8-13)9-14(15)7-11/h10-15H,5-9H2,1-4H3,(H,18,19)/t10-,11?,12?,13?,14?,15?/m1/s1. The van der Waals surface area contributed by atoms with Crippen molar-refractivity contribution in [1.29, 1.82) is 0 Å². The van der Waals surface area contributed by atoms with Gasteiger partial charge in [-0.15, -0.1) is 0 Å². The highest BCUT2D eigenvalue weighted by molar-refractivity contribution is 5.68. The van der Waals surface area contributed by atoms with E-state index in [1.165, 1.54) is 32.1 Å². The summed E-state index contributed by atoms with van der Waals surface area (Å²) in [5, 5.41) is 3.10. The molecule has 1 atom stereocenters. The Bertz CT molecular complexity index is 357. The van der Waals surface area contributed by atoms with Crippen LogP contribution in [0.2, 0.25) is 0 Å². The number of hydrogen-bond donors (Lipinski definition) is 1. The van der Waals surface area contributed by atoms with Gasteiger partial charge in [-0.2, -0.15) is 0 Å². The third-order valence-electron chi connectivity index (χ3n) is 5.62. The van der Waals surface area contributed by atoms with E-state index in [1.807, 2.05) is 20.8 Å². The first-order valence-electron chi connectivity index (χ1n) is 8.31. The Morgan fingerprint density at radius 2 is 1.55 bits per heavy atom. The Balaban J connectivity index is 1.60. The SMILES string of the molecule is C[C@@H](NC(=O)OC(C)(C)C)C1C2CC3CC(C2)CC1C3. The normalized spacial score (nSPS) is 40.5. The molecule has 20 heavy (non-hydrogen) atoms. The van der Waals surface area contributed by atoms with Crippen molar-refractivity contribution in [1.82, 2.24) is 5.32 Å². The van der Waals surface area contributed by atoms with Crippen molar-refractivity contribution in [2.24, 2.45) is 29.6 Å². The van der Waals surface area contributed by atoms with E-state index in [0.29, 0.717) is 5.92 Å². The van der Waals surface area contributed by atoms with Gasteiger partial charge in [0.05, 0.1) is 0 Å². The Labute approximate surface area is 122 Å². The van der Waals surface area contributed by atoms with E-state index in [4.69, 9.17) is 4.74 Å². The molecule has 0 aromatic carbocycles. The largest absolute Gasteiger partial charge is 0.444 e. The number of carbonyl (C=O) groups is 1. The van der Waals surface area contributed by atoms with Crippen LogP contribution in [0.1, 0.15) is 59.8 Å². The first-order valence-corrected chi connectivity index (χ1v) is 8.31. The van der Waals surface area contributed by atoms with E-state index in [1.54, 1.807) is 0 Å². The lowest BCUT2D eigenvalue weighted by molar-refractivity contribution is -0.0500. The van der Waals surface area contributed by atoms with Gasteiger partial charge < -0.3 is 10.1 Å². The topological polar surface area (TPSA) is 38.3 Å². The molecule has 0 aromatic heterocycles. The fourth-order valence-electron chi connectivity index (χ4n) is 5.37. The Morgan fingerprint density at radius 3 is 2.00 bits per heavy atom. The van der Waals surface area contributed by atoms with E-state index in [2.05, 4.69) is 12.2 Å². The quantitative estimate of drug-likeness (QED) is 0.830. The molecule has 4 aliphatic carbocycles. The summed E-state index contributed by atoms with van der Waals surface area (Å²) in [6.07, 6.45) is 6.83. The van der Waals surface area contributed by atoms with Crippen molar-refractivity contribution in [3.63, 3.8) is 0 Å². The summed E-state index contributed by atoms with van der Waals surface area (Å²) in [6.45, 7) is 7.93. The maximum Gasteiger partial charge on any atom is 0.407 e. The number of ether oxygens (including phenoxy) is 1. The molecule has 3 nitrogen and oxygen atoms in total. The first-order chi connectivity index (χ1) is 9.32. The Morgan fingerprint density at radius 1 is 1.05 bits per heavy atom. The minimum absolute atomic E-state index is 0.250. The summed E-state index contributed by atoms with van der Waals surface area (Å²) in [4.78, 5) is 12.0. The summed E-state index contributed by atoms with van der Waals surface area (Å²) >= 11 is 0. The van der Waals surface area contributed by atoms with Gasteiger partial charge in [-0.25, -0.2) is 4.79 Å². The number of alkyl carbamates (subject to hydrolysis) is 1. The van der Waals surface area contributed by atoms with Gasteiger partial charge in [0.2, 0.25) is 0 Å². The average molecular weight is 279 g/mol. The molecule has 0 aliphatic heterocycles. The van der Waals surface area contributed by atoms with Crippen molar-refractivity contribution in [3.8, 4) is 0 Å². The molecule has 114 valence electrons. The van der Waals surface area contributed by atoms with Gasteiger partial charge in [0.15, 0.2) is 0 Å². The number of carbonyl (C=O) groups excluding carboxylic acids is 1. The number of amides is 1. The molecular formula is C17H29NO2. The molecule has 4 aliphatic rings. The zero-order chi connectivity index (χ0) is 14.5. The second-order valence-electron chi connectivity index (χ2n) is 8.44. The second-order valence-corrected chi connectivity index (χ2v) is 8.44. The molecule has 0 unspecified atom stereocenters. The molecule has 4 fully saturated rings. The van der Waals surface area contributed by atoms with Gasteiger partial charge in [0, 0.05) is 6.04 Å². The van der Waals surface area contributed by atoms with E-state index in [9.17, 15) is 4.79 Å². The van der Waals surface area contributed by atoms with E-state index in [0.717, 1.165) is 23.7 Å². The molecule has 4 bridgehead atoms. The van der Waals surface area contributed by atoms with E-state index >= 15 is 0 Å². The van der Waals surface area contributed by atoms with Crippen LogP contribution >= 0.6 is 0 Å². The van der Waals surface area contributed by atoms with Crippen LogP contribution in [0.4, 0.5) is 4.79 Å². The van der Waals surface area contributed by atoms with Gasteiger partial charge >= 0.3 is 6.09 Å². The van der Waals surface area contributed by atoms with Gasteiger partial charge in [-0.1, -0.05) is 0 Å². The van der Waals surface area contributed by atoms with Gasteiger partial charge in [0.1, 0.15) is 5.60 Å². The number of rotatable bonds is 2. The highest BCUT2D eigenvalue weighted by Gasteiger charge is 2.49. The van der Waals surface area contributed by atoms with Crippen LogP contribution in [0, 0.1) is 29.6 Å². The lowest BCUT2D eigenvalue weighted by atomic mass is 9.50. The molecule has 0 aromatic rings. The Hall–Kier alpha value is -0.730. The third kappa shape index (κ3) is 2.82. The van der Waals surface area contributed by atoms with Crippen LogP contribution in [0.25, 0.3) is 0 Å². The summed E-state index contributed by atoms with van der Waals surface area (Å²) in [5.74, 6) is 4.34. The molecule has 0 radical (unpaired) electrons. The fourth-order valence-corrected chi connectivity index (χ4v) is 5.37. The Kier molecular flexibility index (Phi) is 3.50. The summed E-state index contributed by atoms with van der Waals surface area (Å²) in [5.41, 5.74) is -0.409. The van der Waals surface area contributed by atoms with E-state index < -0.39 is 5.60 Å². The zero-order valence-electron chi connectivity index (χ0n) is 13.3. The molecule has 0 saturated heterocycles. The predicted octanol–water partition coefficient (Wildman–Crippen LogP) is 3.97. The van der Waals surface area contributed by atoms with Crippen molar-refractivity contribution < 1.29 is 9.53 Å². The molecular weight excluding hydrogens is 250 g/mol. The number of hydrogen-bond acceptors (Lipinski definition) is 2. The lowest BCUT2D eigenvalue weighted by Gasteiger charge is -2.56. The van der Waals surface area contributed by atoms with Crippen molar-refractivity contribution in [2.75, 3.05) is 0 Å². The van der Waals surface area contributed by atoms with Crippen LogP contribution < -0.4 is 5.32 Å². The number of nitrogens with one attached hydrogen (secondary N) is 1. The summed E-state index contributed by atoms with van der Waals surface area (Å²) in [6, 6.07) is 0.250. The lowest BCUT2D eigenvalue weighted by Crippen LogP contribution is -2.53. The minimum atomic E-state index is -0.409. The van der Waals surface area contributed by atoms with Gasteiger partial charge in [0.25, 0.3) is 0 Å². The van der Waals surface area contributed by atoms with Crippen molar-refractivity contribution in [2.45, 2.75) is 71.4 Å². The molecule has 1 amide bonds. The maximum absolute atomic E-state index is 12.0. The molecule has 4 rings (SSSR count). The minimum Gasteiger partial charge on any atom is -0.444 e. The highest BCUT2D eigenvalue weighted by atomic mass is 16.6. The summed E-state index contributed by atoms with van der Waals surface area (Å²) in [7, 11) is 0. The van der Waals surface area contributed by atoms with Crippen LogP contribution in [-0.4, -0.2) is 17.7 Å². The second kappa shape index (κ2) is 4.92. The summed E-state index contributed by atoms with van der Waals surface area (Å²) < 4.78 is 5.40. The molecule has 0 spiro atoms. The highest BCUT2D eigenvalue weighted by Crippen LogP contribution is 2.57. The van der Waals surface area contributed by atoms with Gasteiger partial charge in [-0.3, -0.25) is 0 Å². The van der Waals surface area contributed by atoms with Crippen LogP contribution in [0.3, 0.4) is 0 Å². The first kappa shape index (κ1) is 14.2. The zero-order valence-corrected chi connectivity index (χ0v) is 13.3. The van der Waals surface area contributed by atoms with Crippen LogP contribution in [0.5, 0.6) is 0 Å². The maximum atomic E-state index is 12.0. The molecule has 0 heterocycles. The van der Waals surface area contributed by atoms with Gasteiger partial charge in [-0.05, 0) is 89.4 Å². The fraction of sp³-hybridized carbons (Fsp3) is 0.941. The van der Waals surface area contributed by atoms with Crippen LogP contribution in [-0.2, 0) is 4.74 Å². The van der Waals surface area contributed by atoms with E-state index in [-0.39, 0.29) is 12.1 Å². The van der Waals surface area contributed by atoms with Crippen molar-refractivity contribution in [3.05, 3.63) is 0 Å². The average Bonchev–Trinajstić information content (AvgIpc) is 2.23. The molecule has 3 heteroatoms.